The summed E-state index contributed by atoms with van der Waals surface area (Å²) in [6.45, 7) is 9.45. The molecule has 192 valence electrons. The standard InChI is InChI=1S/C28H34ClN3O4/c1-18(2)36-24-13-12-20(29)16-22(24)23(33)14-15-28(4,5)17-25(34)30-26-19(3)31(6)32(27(26)35)21-10-8-7-9-11-21/h7-13,16,18H,14-15,17H2,1-6H3,(H,30,34). The fraction of sp³-hybridized carbons (Fsp3) is 0.393. The molecule has 0 fully saturated rings. The van der Waals surface area contributed by atoms with Crippen LogP contribution < -0.4 is 15.6 Å². The van der Waals surface area contributed by atoms with Crippen molar-refractivity contribution in [3.63, 3.8) is 0 Å². The number of amides is 1. The molecule has 0 saturated heterocycles. The van der Waals surface area contributed by atoms with E-state index >= 15 is 0 Å². The molecular formula is C28H34ClN3O4. The Kier molecular flexibility index (Phi) is 8.46. The Morgan fingerprint density at radius 2 is 1.78 bits per heavy atom. The molecule has 0 atom stereocenters. The Hall–Kier alpha value is -3.32. The number of carbonyl (C=O) groups is 2. The Morgan fingerprint density at radius 3 is 2.42 bits per heavy atom. The first-order chi connectivity index (χ1) is 16.9. The summed E-state index contributed by atoms with van der Waals surface area (Å²) in [6.07, 6.45) is 0.796. The van der Waals surface area contributed by atoms with Gasteiger partial charge in [0.15, 0.2) is 5.78 Å². The van der Waals surface area contributed by atoms with Crippen LogP contribution in [-0.4, -0.2) is 27.2 Å². The zero-order valence-electron chi connectivity index (χ0n) is 21.7. The summed E-state index contributed by atoms with van der Waals surface area (Å²) in [7, 11) is 1.78. The number of nitrogens with one attached hydrogen (secondary N) is 1. The van der Waals surface area contributed by atoms with E-state index in [0.29, 0.717) is 34.1 Å². The second-order valence-corrected chi connectivity index (χ2v) is 10.5. The summed E-state index contributed by atoms with van der Waals surface area (Å²) >= 11 is 6.12. The number of halogens is 1. The average molecular weight is 512 g/mol. The van der Waals surface area contributed by atoms with Gasteiger partial charge in [0.05, 0.1) is 23.0 Å². The molecule has 36 heavy (non-hydrogen) atoms. The van der Waals surface area contributed by atoms with Crippen LogP contribution in [0.15, 0.2) is 53.3 Å². The predicted molar refractivity (Wildman–Crippen MR) is 144 cm³/mol. The highest BCUT2D eigenvalue weighted by Gasteiger charge is 2.26. The number of ketones is 1. The van der Waals surface area contributed by atoms with Crippen molar-refractivity contribution in [1.82, 2.24) is 9.36 Å². The van der Waals surface area contributed by atoms with Gasteiger partial charge in [0, 0.05) is 24.9 Å². The molecule has 1 heterocycles. The molecule has 3 rings (SSSR count). The van der Waals surface area contributed by atoms with Crippen LogP contribution in [0.4, 0.5) is 5.69 Å². The zero-order chi connectivity index (χ0) is 26.6. The Bertz CT molecular complexity index is 1310. The number of para-hydroxylation sites is 1. The van der Waals surface area contributed by atoms with E-state index in [0.717, 1.165) is 0 Å². The van der Waals surface area contributed by atoms with Gasteiger partial charge in [-0.3, -0.25) is 19.1 Å². The van der Waals surface area contributed by atoms with Gasteiger partial charge in [-0.05, 0) is 62.9 Å². The van der Waals surface area contributed by atoms with Gasteiger partial charge >= 0.3 is 0 Å². The molecule has 1 aromatic heterocycles. The van der Waals surface area contributed by atoms with Crippen molar-refractivity contribution < 1.29 is 14.3 Å². The van der Waals surface area contributed by atoms with E-state index in [1.807, 2.05) is 58.0 Å². The summed E-state index contributed by atoms with van der Waals surface area (Å²) in [5.74, 6) is 0.139. The summed E-state index contributed by atoms with van der Waals surface area (Å²) < 4.78 is 9.02. The summed E-state index contributed by atoms with van der Waals surface area (Å²) in [5.41, 5.74) is 1.31. The van der Waals surface area contributed by atoms with Gasteiger partial charge in [-0.2, -0.15) is 0 Å². The van der Waals surface area contributed by atoms with Gasteiger partial charge in [-0.15, -0.1) is 0 Å². The number of nitrogens with zero attached hydrogens (tertiary/aromatic N) is 2. The lowest BCUT2D eigenvalue weighted by molar-refractivity contribution is -0.118. The van der Waals surface area contributed by atoms with E-state index in [-0.39, 0.29) is 41.9 Å². The predicted octanol–water partition coefficient (Wildman–Crippen LogP) is 5.94. The molecule has 0 spiro atoms. The highest BCUT2D eigenvalue weighted by molar-refractivity contribution is 6.31. The fourth-order valence-electron chi connectivity index (χ4n) is 4.08. The topological polar surface area (TPSA) is 82.3 Å². The van der Waals surface area contributed by atoms with Gasteiger partial charge in [0.25, 0.3) is 5.56 Å². The van der Waals surface area contributed by atoms with E-state index in [1.165, 1.54) is 4.68 Å². The third-order valence-corrected chi connectivity index (χ3v) is 6.33. The number of carbonyl (C=O) groups excluding carboxylic acids is 2. The molecule has 7 nitrogen and oxygen atoms in total. The normalized spacial score (nSPS) is 11.6. The highest BCUT2D eigenvalue weighted by atomic mass is 35.5. The zero-order valence-corrected chi connectivity index (χ0v) is 22.5. The maximum absolute atomic E-state index is 13.1. The molecule has 0 aliphatic carbocycles. The third-order valence-electron chi connectivity index (χ3n) is 6.09. The lowest BCUT2D eigenvalue weighted by Crippen LogP contribution is -2.26. The maximum Gasteiger partial charge on any atom is 0.295 e. The Morgan fingerprint density at radius 1 is 1.11 bits per heavy atom. The van der Waals surface area contributed by atoms with Gasteiger partial charge in [0.2, 0.25) is 5.91 Å². The molecule has 2 aromatic carbocycles. The van der Waals surface area contributed by atoms with Gasteiger partial charge < -0.3 is 10.1 Å². The summed E-state index contributed by atoms with van der Waals surface area (Å²) in [4.78, 5) is 39.0. The summed E-state index contributed by atoms with van der Waals surface area (Å²) in [5, 5.41) is 3.27. The third kappa shape index (κ3) is 6.46. The molecule has 8 heteroatoms. The fourth-order valence-corrected chi connectivity index (χ4v) is 4.25. The lowest BCUT2D eigenvalue weighted by Gasteiger charge is -2.24. The van der Waals surface area contributed by atoms with E-state index < -0.39 is 5.41 Å². The number of hydrogen-bond donors (Lipinski definition) is 1. The maximum atomic E-state index is 13.1. The number of anilines is 1. The van der Waals surface area contributed by atoms with Gasteiger partial charge in [-0.1, -0.05) is 43.6 Å². The van der Waals surface area contributed by atoms with Crippen molar-refractivity contribution in [2.45, 2.75) is 60.0 Å². The molecule has 0 aliphatic rings. The van der Waals surface area contributed by atoms with Crippen LogP contribution >= 0.6 is 11.6 Å². The number of hydrogen-bond acceptors (Lipinski definition) is 4. The van der Waals surface area contributed by atoms with Crippen molar-refractivity contribution in [3.05, 3.63) is 75.2 Å². The van der Waals surface area contributed by atoms with Crippen molar-refractivity contribution >= 4 is 29.0 Å². The first-order valence-electron chi connectivity index (χ1n) is 12.0. The second kappa shape index (κ2) is 11.2. The lowest BCUT2D eigenvalue weighted by atomic mass is 9.82. The summed E-state index contributed by atoms with van der Waals surface area (Å²) in [6, 6.07) is 14.3. The van der Waals surface area contributed by atoms with Crippen LogP contribution in [0.2, 0.25) is 5.02 Å². The quantitative estimate of drug-likeness (QED) is 0.341. The number of benzene rings is 2. The average Bonchev–Trinajstić information content (AvgIpc) is 3.01. The van der Waals surface area contributed by atoms with Crippen LogP contribution in [0.3, 0.4) is 0 Å². The molecule has 0 radical (unpaired) electrons. The van der Waals surface area contributed by atoms with E-state index in [9.17, 15) is 14.4 Å². The monoisotopic (exact) mass is 511 g/mol. The van der Waals surface area contributed by atoms with Crippen molar-refractivity contribution in [2.24, 2.45) is 12.5 Å². The smallest absolute Gasteiger partial charge is 0.295 e. The molecule has 0 saturated carbocycles. The SMILES string of the molecule is Cc1c(NC(=O)CC(C)(C)CCC(=O)c2cc(Cl)ccc2OC(C)C)c(=O)n(-c2ccccc2)n1C. The number of aromatic nitrogens is 2. The van der Waals surface area contributed by atoms with Crippen LogP contribution in [-0.2, 0) is 11.8 Å². The van der Waals surface area contributed by atoms with Gasteiger partial charge in [-0.25, -0.2) is 4.68 Å². The van der Waals surface area contributed by atoms with E-state index in [1.54, 1.807) is 36.9 Å². The first kappa shape index (κ1) is 27.3. The van der Waals surface area contributed by atoms with Gasteiger partial charge in [0.1, 0.15) is 11.4 Å². The number of ether oxygens (including phenoxy) is 1. The minimum atomic E-state index is -0.474. The highest BCUT2D eigenvalue weighted by Crippen LogP contribution is 2.31. The molecule has 1 N–H and O–H groups in total. The molecule has 0 aliphatic heterocycles. The largest absolute Gasteiger partial charge is 0.490 e. The molecule has 3 aromatic rings. The van der Waals surface area contributed by atoms with Crippen LogP contribution in [0, 0.1) is 12.3 Å². The Balaban J connectivity index is 1.68. The second-order valence-electron chi connectivity index (χ2n) is 10.1. The Labute approximate surface area is 217 Å². The molecular weight excluding hydrogens is 478 g/mol. The van der Waals surface area contributed by atoms with E-state index in [2.05, 4.69) is 5.32 Å². The minimum absolute atomic E-state index is 0.0780. The molecule has 1 amide bonds. The number of Topliss-reactive ketones (excluding diaryl/α,β-unsaturated/α-hetero) is 1. The van der Waals surface area contributed by atoms with Crippen LogP contribution in [0.1, 0.15) is 63.0 Å². The van der Waals surface area contributed by atoms with Crippen LogP contribution in [0.5, 0.6) is 5.75 Å². The van der Waals surface area contributed by atoms with Crippen LogP contribution in [0.25, 0.3) is 5.69 Å². The van der Waals surface area contributed by atoms with Crippen molar-refractivity contribution in [1.29, 1.82) is 0 Å². The van der Waals surface area contributed by atoms with Crippen molar-refractivity contribution in [3.8, 4) is 11.4 Å². The first-order valence-corrected chi connectivity index (χ1v) is 12.4. The number of rotatable bonds is 10. The molecule has 0 bridgehead atoms. The van der Waals surface area contributed by atoms with E-state index in [4.69, 9.17) is 16.3 Å². The molecule has 0 unspecified atom stereocenters. The van der Waals surface area contributed by atoms with Crippen molar-refractivity contribution in [2.75, 3.05) is 5.32 Å². The minimum Gasteiger partial charge on any atom is -0.490 e.